The van der Waals surface area contributed by atoms with E-state index in [0.717, 1.165) is 11.4 Å². The molecule has 0 spiro atoms. The summed E-state index contributed by atoms with van der Waals surface area (Å²) in [6.45, 7) is 6.08. The zero-order valence-electron chi connectivity index (χ0n) is 19.8. The van der Waals surface area contributed by atoms with Gasteiger partial charge in [0.1, 0.15) is 12.5 Å². The number of Topliss-reactive ketones (excluding diaryl/α,β-unsaturated/α-hetero) is 1. The van der Waals surface area contributed by atoms with Gasteiger partial charge in [-0.25, -0.2) is 4.79 Å². The number of methoxy groups -OCH3 is 1. The van der Waals surface area contributed by atoms with E-state index in [9.17, 15) is 14.4 Å². The highest BCUT2D eigenvalue weighted by Gasteiger charge is 2.47. The quantitative estimate of drug-likeness (QED) is 0.353. The van der Waals surface area contributed by atoms with Gasteiger partial charge in [0.05, 0.1) is 12.7 Å². The molecule has 0 bridgehead atoms. The molecule has 3 atom stereocenters. The number of benzene rings is 1. The molecule has 9 heteroatoms. The summed E-state index contributed by atoms with van der Waals surface area (Å²) in [6, 6.07) is 5.37. The number of dihydropyridines is 1. The van der Waals surface area contributed by atoms with Crippen LogP contribution in [0.25, 0.3) is 0 Å². The molecule has 0 saturated heterocycles. The number of hydrogen-bond donors (Lipinski definition) is 1. The molecule has 0 aromatic heterocycles. The predicted octanol–water partition coefficient (Wildman–Crippen LogP) is 3.32. The van der Waals surface area contributed by atoms with Gasteiger partial charge in [0.2, 0.25) is 6.79 Å². The fourth-order valence-corrected chi connectivity index (χ4v) is 5.28. The SMILES string of the molecule is CCSCCOC(=O)C1=C(C)NC2=C(C(=O)[C@@H](C(=O)OC)[C@@H](C)C2)[C@@H]1c1ccc2c(c1)OCO2. The second kappa shape index (κ2) is 10.1. The van der Waals surface area contributed by atoms with Crippen molar-refractivity contribution in [1.29, 1.82) is 0 Å². The van der Waals surface area contributed by atoms with E-state index in [2.05, 4.69) is 5.32 Å². The van der Waals surface area contributed by atoms with Gasteiger partial charge >= 0.3 is 11.9 Å². The number of rotatable bonds is 7. The molecule has 0 unspecified atom stereocenters. The first-order valence-electron chi connectivity index (χ1n) is 11.3. The highest BCUT2D eigenvalue weighted by atomic mass is 32.2. The Morgan fingerprint density at radius 3 is 2.74 bits per heavy atom. The van der Waals surface area contributed by atoms with Crippen LogP contribution in [0.1, 0.15) is 38.7 Å². The Morgan fingerprint density at radius 1 is 1.24 bits per heavy atom. The number of carbonyl (C=O) groups is 3. The highest BCUT2D eigenvalue weighted by molar-refractivity contribution is 7.99. The van der Waals surface area contributed by atoms with Crippen molar-refractivity contribution in [1.82, 2.24) is 5.32 Å². The van der Waals surface area contributed by atoms with Crippen LogP contribution in [-0.4, -0.2) is 49.7 Å². The molecular weight excluding hydrogens is 458 g/mol. The van der Waals surface area contributed by atoms with E-state index in [1.807, 2.05) is 26.8 Å². The van der Waals surface area contributed by atoms with Crippen molar-refractivity contribution in [3.63, 3.8) is 0 Å². The van der Waals surface area contributed by atoms with Crippen molar-refractivity contribution in [3.05, 3.63) is 46.3 Å². The standard InChI is InChI=1S/C25H29NO7S/c1-5-34-9-8-31-25(29)20-14(3)26-16-10-13(2)19(24(28)30-4)23(27)22(16)21(20)15-6-7-17-18(11-15)33-12-32-17/h6-7,11,13,19,21,26H,5,8-10,12H2,1-4H3/t13-,19-,21+/m0/s1. The fourth-order valence-electron chi connectivity index (χ4n) is 4.79. The summed E-state index contributed by atoms with van der Waals surface area (Å²) in [5.74, 6) is -0.510. The van der Waals surface area contributed by atoms with Crippen LogP contribution in [0.4, 0.5) is 0 Å². The number of esters is 2. The zero-order chi connectivity index (χ0) is 24.4. The van der Waals surface area contributed by atoms with E-state index in [-0.39, 0.29) is 25.1 Å². The summed E-state index contributed by atoms with van der Waals surface area (Å²) in [5.41, 5.74) is 2.79. The van der Waals surface area contributed by atoms with Crippen LogP contribution in [0.5, 0.6) is 11.5 Å². The van der Waals surface area contributed by atoms with Crippen molar-refractivity contribution in [2.45, 2.75) is 33.1 Å². The lowest BCUT2D eigenvalue weighted by atomic mass is 9.69. The second-order valence-electron chi connectivity index (χ2n) is 8.48. The first kappa shape index (κ1) is 24.2. The van der Waals surface area contributed by atoms with Crippen LogP contribution >= 0.6 is 11.8 Å². The molecule has 1 aromatic rings. The molecule has 3 aliphatic rings. The summed E-state index contributed by atoms with van der Waals surface area (Å²) >= 11 is 1.68. The van der Waals surface area contributed by atoms with Crippen LogP contribution in [0, 0.1) is 11.8 Å². The van der Waals surface area contributed by atoms with E-state index >= 15 is 0 Å². The Labute approximate surface area is 203 Å². The van der Waals surface area contributed by atoms with Crippen molar-refractivity contribution in [3.8, 4) is 11.5 Å². The average Bonchev–Trinajstić information content (AvgIpc) is 3.28. The highest BCUT2D eigenvalue weighted by Crippen LogP contribution is 2.47. The van der Waals surface area contributed by atoms with E-state index in [4.69, 9.17) is 18.9 Å². The first-order valence-corrected chi connectivity index (χ1v) is 12.5. The van der Waals surface area contributed by atoms with Crippen molar-refractivity contribution < 1.29 is 33.3 Å². The van der Waals surface area contributed by atoms with Gasteiger partial charge in [0, 0.05) is 28.6 Å². The number of allylic oxidation sites excluding steroid dienone is 3. The Morgan fingerprint density at radius 2 is 2.00 bits per heavy atom. The van der Waals surface area contributed by atoms with E-state index < -0.39 is 23.8 Å². The Hall–Kier alpha value is -2.94. The number of nitrogens with one attached hydrogen (secondary N) is 1. The molecule has 0 saturated carbocycles. The number of hydrogen-bond acceptors (Lipinski definition) is 9. The average molecular weight is 488 g/mol. The Bertz CT molecular complexity index is 1080. The van der Waals surface area contributed by atoms with Crippen LogP contribution in [0.15, 0.2) is 40.7 Å². The molecule has 0 fully saturated rings. The minimum absolute atomic E-state index is 0.110. The van der Waals surface area contributed by atoms with Gasteiger partial charge in [-0.2, -0.15) is 11.8 Å². The Balaban J connectivity index is 1.78. The maximum atomic E-state index is 13.7. The second-order valence-corrected chi connectivity index (χ2v) is 9.87. The van der Waals surface area contributed by atoms with Gasteiger partial charge in [0.25, 0.3) is 0 Å². The molecule has 1 aliphatic carbocycles. The summed E-state index contributed by atoms with van der Waals surface area (Å²) in [6.07, 6.45) is 0.481. The van der Waals surface area contributed by atoms with E-state index in [0.29, 0.717) is 46.1 Å². The van der Waals surface area contributed by atoms with Crippen LogP contribution in [0.2, 0.25) is 0 Å². The molecule has 0 radical (unpaired) electrons. The molecule has 0 amide bonds. The summed E-state index contributed by atoms with van der Waals surface area (Å²) < 4.78 is 21.5. The van der Waals surface area contributed by atoms with Gasteiger partial charge in [0.15, 0.2) is 17.3 Å². The van der Waals surface area contributed by atoms with Crippen molar-refractivity contribution >= 4 is 29.5 Å². The lowest BCUT2D eigenvalue weighted by Crippen LogP contribution is -2.43. The van der Waals surface area contributed by atoms with E-state index in [1.54, 1.807) is 23.9 Å². The van der Waals surface area contributed by atoms with Crippen LogP contribution < -0.4 is 14.8 Å². The molecule has 8 nitrogen and oxygen atoms in total. The molecule has 4 rings (SSSR count). The summed E-state index contributed by atoms with van der Waals surface area (Å²) in [4.78, 5) is 39.5. The van der Waals surface area contributed by atoms with E-state index in [1.165, 1.54) is 7.11 Å². The van der Waals surface area contributed by atoms with Gasteiger partial charge in [-0.3, -0.25) is 9.59 Å². The number of carbonyl (C=O) groups excluding carboxylic acids is 3. The monoisotopic (exact) mass is 487 g/mol. The first-order chi connectivity index (χ1) is 16.4. The molecule has 34 heavy (non-hydrogen) atoms. The topological polar surface area (TPSA) is 100 Å². The minimum atomic E-state index is -0.932. The molecular formula is C25H29NO7S. The largest absolute Gasteiger partial charge is 0.468 e. The summed E-state index contributed by atoms with van der Waals surface area (Å²) in [5, 5.41) is 3.27. The summed E-state index contributed by atoms with van der Waals surface area (Å²) in [7, 11) is 1.28. The normalized spacial score (nSPS) is 23.4. The minimum Gasteiger partial charge on any atom is -0.468 e. The van der Waals surface area contributed by atoms with Gasteiger partial charge in [-0.1, -0.05) is 19.9 Å². The number of thioether (sulfide) groups is 1. The third-order valence-corrected chi connectivity index (χ3v) is 7.22. The van der Waals surface area contributed by atoms with Crippen LogP contribution in [-0.2, 0) is 23.9 Å². The number of ketones is 1. The van der Waals surface area contributed by atoms with Gasteiger partial charge < -0.3 is 24.3 Å². The molecule has 2 heterocycles. The maximum Gasteiger partial charge on any atom is 0.336 e. The molecule has 1 aromatic carbocycles. The number of fused-ring (bicyclic) bond motifs is 1. The number of ether oxygens (including phenoxy) is 4. The third kappa shape index (κ3) is 4.41. The smallest absolute Gasteiger partial charge is 0.336 e. The lowest BCUT2D eigenvalue weighted by molar-refractivity contribution is -0.151. The van der Waals surface area contributed by atoms with Crippen LogP contribution in [0.3, 0.4) is 0 Å². The zero-order valence-corrected chi connectivity index (χ0v) is 20.6. The lowest BCUT2D eigenvalue weighted by Gasteiger charge is -2.38. The van der Waals surface area contributed by atoms with Crippen molar-refractivity contribution in [2.75, 3.05) is 32.0 Å². The Kier molecular flexibility index (Phi) is 7.21. The predicted molar refractivity (Wildman–Crippen MR) is 126 cm³/mol. The van der Waals surface area contributed by atoms with Gasteiger partial charge in [-0.15, -0.1) is 0 Å². The van der Waals surface area contributed by atoms with Crippen molar-refractivity contribution in [2.24, 2.45) is 11.8 Å². The molecule has 182 valence electrons. The van der Waals surface area contributed by atoms with Gasteiger partial charge in [-0.05, 0) is 42.7 Å². The maximum absolute atomic E-state index is 13.7. The molecule has 1 N–H and O–H groups in total. The third-order valence-electron chi connectivity index (χ3n) is 6.36. The molecule has 2 aliphatic heterocycles. The fraction of sp³-hybridized carbons (Fsp3) is 0.480.